The van der Waals surface area contributed by atoms with Crippen molar-refractivity contribution in [2.45, 2.75) is 33.1 Å². The lowest BCUT2D eigenvalue weighted by Crippen LogP contribution is -2.28. The van der Waals surface area contributed by atoms with Crippen molar-refractivity contribution >= 4 is 34.9 Å². The van der Waals surface area contributed by atoms with Crippen molar-refractivity contribution in [2.75, 3.05) is 31.5 Å². The molecule has 0 aliphatic carbocycles. The summed E-state index contributed by atoms with van der Waals surface area (Å²) in [5.41, 5.74) is 6.47. The molecule has 0 radical (unpaired) electrons. The van der Waals surface area contributed by atoms with Gasteiger partial charge >= 0.3 is 0 Å². The van der Waals surface area contributed by atoms with Crippen LogP contribution in [-0.2, 0) is 4.79 Å². The Morgan fingerprint density at radius 2 is 1.89 bits per heavy atom. The quantitative estimate of drug-likeness (QED) is 0.235. The number of nitrogens with zero attached hydrogens (tertiary/aromatic N) is 1. The first-order valence-corrected chi connectivity index (χ1v) is 12.9. The maximum Gasteiger partial charge on any atom is 0.256 e. The molecule has 5 rings (SSSR count). The van der Waals surface area contributed by atoms with Crippen molar-refractivity contribution in [3.8, 4) is 11.1 Å². The third-order valence-electron chi connectivity index (χ3n) is 7.25. The number of carbonyl (C=O) groups excluding carboxylic acids is 3. The lowest BCUT2D eigenvalue weighted by atomic mass is 9.93. The molecule has 3 aromatic rings. The number of aromatic nitrogens is 1. The maximum atomic E-state index is 13.0. The lowest BCUT2D eigenvalue weighted by Gasteiger charge is -2.14. The highest BCUT2D eigenvalue weighted by Crippen LogP contribution is 2.40. The Labute approximate surface area is 217 Å². The van der Waals surface area contributed by atoms with E-state index in [0.29, 0.717) is 23.2 Å². The fourth-order valence-electron chi connectivity index (χ4n) is 5.24. The smallest absolute Gasteiger partial charge is 0.256 e. The average Bonchev–Trinajstić information content (AvgIpc) is 3.62. The van der Waals surface area contributed by atoms with Crippen LogP contribution in [0.3, 0.4) is 0 Å². The van der Waals surface area contributed by atoms with Crippen LogP contribution in [0, 0.1) is 6.92 Å². The van der Waals surface area contributed by atoms with E-state index in [1.54, 1.807) is 12.3 Å². The second-order valence-corrected chi connectivity index (χ2v) is 9.78. The number of aromatic amines is 1. The average molecular weight is 497 g/mol. The third-order valence-corrected chi connectivity index (χ3v) is 7.25. The lowest BCUT2D eigenvalue weighted by molar-refractivity contribution is -0.110. The molecule has 2 amide bonds. The molecule has 37 heavy (non-hydrogen) atoms. The minimum atomic E-state index is -0.201. The van der Waals surface area contributed by atoms with Gasteiger partial charge in [-0.2, -0.15) is 0 Å². The summed E-state index contributed by atoms with van der Waals surface area (Å²) >= 11 is 0. The van der Waals surface area contributed by atoms with Crippen molar-refractivity contribution < 1.29 is 14.4 Å². The van der Waals surface area contributed by atoms with Gasteiger partial charge in [-0.05, 0) is 93.7 Å². The van der Waals surface area contributed by atoms with Gasteiger partial charge in [-0.3, -0.25) is 14.4 Å². The van der Waals surface area contributed by atoms with E-state index in [1.165, 1.54) is 19.8 Å². The van der Waals surface area contributed by atoms with Gasteiger partial charge in [-0.25, -0.2) is 0 Å². The largest absolute Gasteiger partial charge is 0.361 e. The predicted molar refractivity (Wildman–Crippen MR) is 147 cm³/mol. The number of hydrogen-bond donors (Lipinski definition) is 3. The molecule has 0 saturated carbocycles. The van der Waals surface area contributed by atoms with Gasteiger partial charge in [-0.15, -0.1) is 0 Å². The van der Waals surface area contributed by atoms with E-state index in [2.05, 4.69) is 20.5 Å². The molecule has 190 valence electrons. The number of amides is 2. The predicted octanol–water partition coefficient (Wildman–Crippen LogP) is 4.90. The molecule has 0 atom stereocenters. The number of nitrogens with one attached hydrogen (secondary N) is 3. The molecule has 1 fully saturated rings. The highest BCUT2D eigenvalue weighted by molar-refractivity contribution is 6.36. The number of Topliss-reactive ketones (excluding diaryl/α,β-unsaturated/α-hetero) is 1. The van der Waals surface area contributed by atoms with E-state index >= 15 is 0 Å². The standard InChI is InChI=1S/C30H32N4O3/c1-19-25(20(2)35)18-32-27(19)17-24-28-23(10-6-11-26(28)33-30(24)37)21-8-5-9-22(16-21)29(36)31-12-7-15-34-13-3-4-14-34/h5-6,8-11,16-18,32H,3-4,7,12-15H2,1-2H3,(H,31,36)(H,33,37)/b24-17-. The molecular weight excluding hydrogens is 464 g/mol. The molecule has 3 N–H and O–H groups in total. The fourth-order valence-corrected chi connectivity index (χ4v) is 5.24. The summed E-state index contributed by atoms with van der Waals surface area (Å²) in [7, 11) is 0. The first-order chi connectivity index (χ1) is 17.9. The van der Waals surface area contributed by atoms with Crippen molar-refractivity contribution in [1.82, 2.24) is 15.2 Å². The van der Waals surface area contributed by atoms with Crippen LogP contribution in [-0.4, -0.2) is 53.7 Å². The zero-order valence-electron chi connectivity index (χ0n) is 21.3. The normalized spacial score (nSPS) is 16.2. The van der Waals surface area contributed by atoms with Crippen LogP contribution >= 0.6 is 0 Å². The Bertz CT molecular complexity index is 1400. The second kappa shape index (κ2) is 10.6. The molecule has 3 heterocycles. The molecule has 0 bridgehead atoms. The second-order valence-electron chi connectivity index (χ2n) is 9.78. The summed E-state index contributed by atoms with van der Waals surface area (Å²) in [6.45, 7) is 7.37. The topological polar surface area (TPSA) is 94.3 Å². The van der Waals surface area contributed by atoms with Gasteiger partial charge in [0.15, 0.2) is 5.78 Å². The number of carbonyl (C=O) groups is 3. The summed E-state index contributed by atoms with van der Waals surface area (Å²) in [6, 6.07) is 13.2. The summed E-state index contributed by atoms with van der Waals surface area (Å²) in [5, 5.41) is 6.00. The molecule has 1 saturated heterocycles. The van der Waals surface area contributed by atoms with Gasteiger partial charge in [0.1, 0.15) is 0 Å². The van der Waals surface area contributed by atoms with Crippen molar-refractivity contribution in [3.63, 3.8) is 0 Å². The number of fused-ring (bicyclic) bond motifs is 1. The van der Waals surface area contributed by atoms with E-state index in [-0.39, 0.29) is 17.6 Å². The molecule has 0 unspecified atom stereocenters. The summed E-state index contributed by atoms with van der Waals surface area (Å²) in [4.78, 5) is 43.3. The van der Waals surface area contributed by atoms with Crippen LogP contribution in [0.2, 0.25) is 0 Å². The van der Waals surface area contributed by atoms with Crippen molar-refractivity contribution in [3.05, 3.63) is 76.6 Å². The fraction of sp³-hybridized carbons (Fsp3) is 0.300. The maximum absolute atomic E-state index is 13.0. The Morgan fingerprint density at radius 1 is 1.11 bits per heavy atom. The number of H-pyrrole nitrogens is 1. The first-order valence-electron chi connectivity index (χ1n) is 12.9. The summed E-state index contributed by atoms with van der Waals surface area (Å²) in [6.07, 6.45) is 6.94. The number of likely N-dealkylation sites (tertiary alicyclic amines) is 1. The Kier molecular flexibility index (Phi) is 7.06. The molecule has 0 spiro atoms. The van der Waals surface area contributed by atoms with Gasteiger partial charge in [0.2, 0.25) is 0 Å². The summed E-state index contributed by atoms with van der Waals surface area (Å²) < 4.78 is 0. The zero-order valence-corrected chi connectivity index (χ0v) is 21.3. The molecule has 7 heteroatoms. The van der Waals surface area contributed by atoms with Crippen LogP contribution in [0.5, 0.6) is 0 Å². The molecule has 2 aliphatic heterocycles. The minimum absolute atomic E-state index is 0.0264. The third kappa shape index (κ3) is 5.13. The Morgan fingerprint density at radius 3 is 2.65 bits per heavy atom. The van der Waals surface area contributed by atoms with Gasteiger partial charge < -0.3 is 20.5 Å². The molecular formula is C30H32N4O3. The van der Waals surface area contributed by atoms with Gasteiger partial charge in [0, 0.05) is 40.8 Å². The van der Waals surface area contributed by atoms with Gasteiger partial charge in [0.25, 0.3) is 11.8 Å². The molecule has 7 nitrogen and oxygen atoms in total. The van der Waals surface area contributed by atoms with Crippen molar-refractivity contribution in [1.29, 1.82) is 0 Å². The van der Waals surface area contributed by atoms with Crippen LogP contribution < -0.4 is 10.6 Å². The number of rotatable bonds is 8. The number of ketones is 1. The van der Waals surface area contributed by atoms with E-state index in [1.807, 2.05) is 49.4 Å². The van der Waals surface area contributed by atoms with Crippen LogP contribution in [0.1, 0.15) is 63.7 Å². The Hall–Kier alpha value is -3.97. The Balaban J connectivity index is 1.39. The highest BCUT2D eigenvalue weighted by Gasteiger charge is 2.28. The van der Waals surface area contributed by atoms with E-state index < -0.39 is 0 Å². The monoisotopic (exact) mass is 496 g/mol. The van der Waals surface area contributed by atoms with Crippen LogP contribution in [0.25, 0.3) is 22.8 Å². The highest BCUT2D eigenvalue weighted by atomic mass is 16.2. The first kappa shape index (κ1) is 24.7. The van der Waals surface area contributed by atoms with Crippen LogP contribution in [0.4, 0.5) is 5.69 Å². The number of anilines is 1. The van der Waals surface area contributed by atoms with E-state index in [4.69, 9.17) is 0 Å². The van der Waals surface area contributed by atoms with E-state index in [9.17, 15) is 14.4 Å². The minimum Gasteiger partial charge on any atom is -0.361 e. The van der Waals surface area contributed by atoms with E-state index in [0.717, 1.165) is 59.7 Å². The van der Waals surface area contributed by atoms with Crippen molar-refractivity contribution in [2.24, 2.45) is 0 Å². The zero-order chi connectivity index (χ0) is 25.9. The summed E-state index contributed by atoms with van der Waals surface area (Å²) in [5.74, 6) is -0.325. The van der Waals surface area contributed by atoms with Crippen LogP contribution in [0.15, 0.2) is 48.7 Å². The van der Waals surface area contributed by atoms with Gasteiger partial charge in [-0.1, -0.05) is 24.3 Å². The number of benzene rings is 2. The van der Waals surface area contributed by atoms with Gasteiger partial charge in [0.05, 0.1) is 5.57 Å². The molecule has 1 aromatic heterocycles. The molecule has 2 aliphatic rings. The number of hydrogen-bond acceptors (Lipinski definition) is 4. The SMILES string of the molecule is CC(=O)c1c[nH]c(/C=C2\C(=O)Nc3cccc(-c4cccc(C(=O)NCCCN5CCCC5)c4)c32)c1C. The molecule has 2 aromatic carbocycles.